The number of hydrogen-bond donors (Lipinski definition) is 0. The van der Waals surface area contributed by atoms with Crippen LogP contribution in [-0.2, 0) is 8.98 Å². The van der Waals surface area contributed by atoms with Crippen molar-refractivity contribution in [2.24, 2.45) is 0 Å². The first-order valence-corrected chi connectivity index (χ1v) is 5.10. The highest BCUT2D eigenvalue weighted by atomic mass is 32.2. The van der Waals surface area contributed by atoms with E-state index in [-0.39, 0.29) is 5.97 Å². The summed E-state index contributed by atoms with van der Waals surface area (Å²) in [7, 11) is 0. The van der Waals surface area contributed by atoms with Crippen LogP contribution in [0.5, 0.6) is 0 Å². The van der Waals surface area contributed by atoms with Gasteiger partial charge in [0.05, 0.1) is 12.0 Å². The summed E-state index contributed by atoms with van der Waals surface area (Å²) in [5.74, 6) is -0.346. The molecule has 0 N–H and O–H groups in total. The van der Waals surface area contributed by atoms with Crippen molar-refractivity contribution < 1.29 is 8.98 Å². The Kier molecular flexibility index (Phi) is 4.26. The van der Waals surface area contributed by atoms with E-state index in [4.69, 9.17) is 4.18 Å². The Bertz CT molecular complexity index is 319. The molecule has 0 aliphatic heterocycles. The first-order valence-electron chi connectivity index (χ1n) is 4.35. The lowest BCUT2D eigenvalue weighted by atomic mass is 10.2. The number of hydrogen-bond acceptors (Lipinski definition) is 3. The van der Waals surface area contributed by atoms with Crippen LogP contribution in [0.15, 0.2) is 47.4 Å². The standard InChI is InChI=1S/C11H12O2S/c1-3-9(2)11(12)13-14-10-7-5-4-6-8-10/h4-8H,2-3H2,1H3. The van der Waals surface area contributed by atoms with Gasteiger partial charge in [0.25, 0.3) is 0 Å². The second-order valence-corrected chi connectivity index (χ2v) is 3.53. The molecule has 0 aromatic heterocycles. The predicted molar refractivity (Wildman–Crippen MR) is 57.8 cm³/mol. The van der Waals surface area contributed by atoms with Crippen molar-refractivity contribution in [1.82, 2.24) is 0 Å². The van der Waals surface area contributed by atoms with Crippen molar-refractivity contribution in [1.29, 1.82) is 0 Å². The molecule has 2 nitrogen and oxygen atoms in total. The summed E-state index contributed by atoms with van der Waals surface area (Å²) >= 11 is 1.06. The maximum absolute atomic E-state index is 11.2. The molecule has 0 unspecified atom stereocenters. The molecule has 0 amide bonds. The molecule has 1 rings (SSSR count). The highest BCUT2D eigenvalue weighted by molar-refractivity contribution is 7.95. The van der Waals surface area contributed by atoms with Gasteiger partial charge in [-0.2, -0.15) is 0 Å². The Labute approximate surface area is 88.2 Å². The van der Waals surface area contributed by atoms with E-state index in [1.54, 1.807) is 0 Å². The Hall–Kier alpha value is -1.22. The lowest BCUT2D eigenvalue weighted by Crippen LogP contribution is -2.00. The van der Waals surface area contributed by atoms with Gasteiger partial charge in [0.1, 0.15) is 0 Å². The number of benzene rings is 1. The molecule has 0 saturated heterocycles. The van der Waals surface area contributed by atoms with Crippen LogP contribution < -0.4 is 0 Å². The monoisotopic (exact) mass is 208 g/mol. The van der Waals surface area contributed by atoms with Crippen molar-refractivity contribution >= 4 is 18.0 Å². The van der Waals surface area contributed by atoms with Gasteiger partial charge in [0.2, 0.25) is 0 Å². The molecule has 74 valence electrons. The molecule has 0 heterocycles. The smallest absolute Gasteiger partial charge is 0.345 e. The molecular formula is C11H12O2S. The summed E-state index contributed by atoms with van der Waals surface area (Å²) in [6.07, 6.45) is 0.619. The van der Waals surface area contributed by atoms with Crippen LogP contribution in [0.2, 0.25) is 0 Å². The summed E-state index contributed by atoms with van der Waals surface area (Å²) in [5.41, 5.74) is 0.494. The van der Waals surface area contributed by atoms with Gasteiger partial charge < -0.3 is 4.18 Å². The molecule has 0 fully saturated rings. The molecule has 0 aliphatic rings. The molecule has 0 saturated carbocycles. The average molecular weight is 208 g/mol. The van der Waals surface area contributed by atoms with Crippen LogP contribution in [0.4, 0.5) is 0 Å². The largest absolute Gasteiger partial charge is 0.383 e. The molecule has 3 heteroatoms. The second kappa shape index (κ2) is 5.50. The summed E-state index contributed by atoms with van der Waals surface area (Å²) < 4.78 is 4.96. The van der Waals surface area contributed by atoms with Crippen molar-refractivity contribution in [2.45, 2.75) is 18.2 Å². The fourth-order valence-electron chi connectivity index (χ4n) is 0.765. The fraction of sp³-hybridized carbons (Fsp3) is 0.182. The van der Waals surface area contributed by atoms with Gasteiger partial charge in [-0.05, 0) is 18.6 Å². The molecule has 14 heavy (non-hydrogen) atoms. The van der Waals surface area contributed by atoms with E-state index in [9.17, 15) is 4.79 Å². The lowest BCUT2D eigenvalue weighted by Gasteiger charge is -2.02. The van der Waals surface area contributed by atoms with E-state index >= 15 is 0 Å². The van der Waals surface area contributed by atoms with Crippen LogP contribution in [0, 0.1) is 0 Å². The summed E-state index contributed by atoms with van der Waals surface area (Å²) in [6.45, 7) is 5.47. The molecule has 0 spiro atoms. The molecule has 0 aliphatic carbocycles. The van der Waals surface area contributed by atoms with Crippen LogP contribution in [0.3, 0.4) is 0 Å². The fourth-order valence-corrected chi connectivity index (χ4v) is 1.32. The molecule has 0 atom stereocenters. The number of carbonyl (C=O) groups is 1. The summed E-state index contributed by atoms with van der Waals surface area (Å²) in [5, 5.41) is 0. The van der Waals surface area contributed by atoms with Crippen molar-refractivity contribution in [2.75, 3.05) is 0 Å². The zero-order valence-electron chi connectivity index (χ0n) is 8.03. The van der Waals surface area contributed by atoms with Crippen LogP contribution >= 0.6 is 12.0 Å². The topological polar surface area (TPSA) is 26.3 Å². The second-order valence-electron chi connectivity index (χ2n) is 2.72. The highest BCUT2D eigenvalue weighted by Crippen LogP contribution is 2.19. The van der Waals surface area contributed by atoms with E-state index in [0.29, 0.717) is 12.0 Å². The van der Waals surface area contributed by atoms with E-state index in [0.717, 1.165) is 16.9 Å². The van der Waals surface area contributed by atoms with Gasteiger partial charge >= 0.3 is 5.97 Å². The summed E-state index contributed by atoms with van der Waals surface area (Å²) in [6, 6.07) is 9.46. The third-order valence-electron chi connectivity index (χ3n) is 1.67. The Balaban J connectivity index is 2.42. The molecule has 1 aromatic rings. The quantitative estimate of drug-likeness (QED) is 0.561. The highest BCUT2D eigenvalue weighted by Gasteiger charge is 2.06. The third kappa shape index (κ3) is 3.26. The van der Waals surface area contributed by atoms with E-state index in [1.807, 2.05) is 37.3 Å². The van der Waals surface area contributed by atoms with Gasteiger partial charge in [0, 0.05) is 10.5 Å². The van der Waals surface area contributed by atoms with Gasteiger partial charge in [-0.15, -0.1) is 0 Å². The maximum Gasteiger partial charge on any atom is 0.345 e. The van der Waals surface area contributed by atoms with Crippen LogP contribution in [0.1, 0.15) is 13.3 Å². The summed E-state index contributed by atoms with van der Waals surface area (Å²) in [4.78, 5) is 12.1. The zero-order valence-corrected chi connectivity index (χ0v) is 8.84. The van der Waals surface area contributed by atoms with Gasteiger partial charge in [0.15, 0.2) is 0 Å². The van der Waals surface area contributed by atoms with E-state index in [2.05, 4.69) is 6.58 Å². The normalized spacial score (nSPS) is 9.50. The van der Waals surface area contributed by atoms with E-state index in [1.165, 1.54) is 0 Å². The van der Waals surface area contributed by atoms with Gasteiger partial charge in [-0.25, -0.2) is 4.79 Å². The Morgan fingerprint density at radius 1 is 1.43 bits per heavy atom. The average Bonchev–Trinajstić information content (AvgIpc) is 2.26. The Morgan fingerprint density at radius 3 is 2.64 bits per heavy atom. The molecule has 1 aromatic carbocycles. The predicted octanol–water partition coefficient (Wildman–Crippen LogP) is 3.20. The SMILES string of the molecule is C=C(CC)C(=O)OSc1ccccc1. The van der Waals surface area contributed by atoms with Gasteiger partial charge in [-0.1, -0.05) is 31.7 Å². The molecule has 0 radical (unpaired) electrons. The molecule has 0 bridgehead atoms. The minimum Gasteiger partial charge on any atom is -0.383 e. The third-order valence-corrected chi connectivity index (χ3v) is 2.37. The Morgan fingerprint density at radius 2 is 2.07 bits per heavy atom. The van der Waals surface area contributed by atoms with Crippen LogP contribution in [0.25, 0.3) is 0 Å². The van der Waals surface area contributed by atoms with Crippen LogP contribution in [-0.4, -0.2) is 5.97 Å². The van der Waals surface area contributed by atoms with Crippen molar-refractivity contribution in [3.05, 3.63) is 42.5 Å². The lowest BCUT2D eigenvalue weighted by molar-refractivity contribution is -0.128. The number of rotatable bonds is 4. The van der Waals surface area contributed by atoms with Crippen molar-refractivity contribution in [3.8, 4) is 0 Å². The first-order chi connectivity index (χ1) is 6.74. The minimum atomic E-state index is -0.346. The maximum atomic E-state index is 11.2. The number of carbonyl (C=O) groups excluding carboxylic acids is 1. The van der Waals surface area contributed by atoms with Crippen molar-refractivity contribution in [3.63, 3.8) is 0 Å². The minimum absolute atomic E-state index is 0.346. The van der Waals surface area contributed by atoms with E-state index < -0.39 is 0 Å². The first kappa shape index (κ1) is 10.9. The van der Waals surface area contributed by atoms with Gasteiger partial charge in [-0.3, -0.25) is 0 Å². The zero-order chi connectivity index (χ0) is 10.4. The molecular weight excluding hydrogens is 196 g/mol.